The summed E-state index contributed by atoms with van der Waals surface area (Å²) in [5.41, 5.74) is 5.60. The second-order valence-corrected chi connectivity index (χ2v) is 7.60. The second-order valence-electron chi connectivity index (χ2n) is 7.60. The number of anilines is 2. The monoisotopic (exact) mass is 453 g/mol. The number of fused-ring (bicyclic) bond motifs is 2. The molecule has 1 N–H and O–H groups in total. The van der Waals surface area contributed by atoms with Crippen molar-refractivity contribution in [3.8, 4) is 11.5 Å². The van der Waals surface area contributed by atoms with Gasteiger partial charge in [-0.1, -0.05) is 11.8 Å². The van der Waals surface area contributed by atoms with Crippen molar-refractivity contribution in [3.63, 3.8) is 0 Å². The van der Waals surface area contributed by atoms with Crippen LogP contribution in [0, 0.1) is 6.92 Å². The van der Waals surface area contributed by atoms with Crippen molar-refractivity contribution in [3.05, 3.63) is 90.5 Å². The quantitative estimate of drug-likeness (QED) is 0.386. The first-order valence-corrected chi connectivity index (χ1v) is 10.8. The summed E-state index contributed by atoms with van der Waals surface area (Å²) in [6, 6.07) is 11.7. The molecule has 0 fully saturated rings. The number of methoxy groups -OCH3 is 1. The topological polar surface area (TPSA) is 81.1 Å². The van der Waals surface area contributed by atoms with Crippen molar-refractivity contribution in [2.75, 3.05) is 25.6 Å². The van der Waals surface area contributed by atoms with Crippen molar-refractivity contribution in [1.82, 2.24) is 14.9 Å². The lowest BCUT2D eigenvalue weighted by Gasteiger charge is -2.21. The van der Waals surface area contributed by atoms with Gasteiger partial charge in [0.25, 0.3) is 0 Å². The van der Waals surface area contributed by atoms with Crippen LogP contribution in [0.4, 0.5) is 11.5 Å². The van der Waals surface area contributed by atoms with Gasteiger partial charge in [0, 0.05) is 25.1 Å². The number of amidine groups is 1. The van der Waals surface area contributed by atoms with Gasteiger partial charge in [-0.25, -0.2) is 15.0 Å². The molecule has 0 radical (unpaired) electrons. The molecule has 1 aromatic heterocycles. The van der Waals surface area contributed by atoms with Crippen LogP contribution < -0.4 is 14.8 Å². The maximum atomic E-state index is 6.12. The Kier molecular flexibility index (Phi) is 6.07. The molecule has 0 spiro atoms. The van der Waals surface area contributed by atoms with Crippen LogP contribution in [0.25, 0.3) is 10.9 Å². The van der Waals surface area contributed by atoms with Gasteiger partial charge in [-0.2, -0.15) is 0 Å². The van der Waals surface area contributed by atoms with Gasteiger partial charge >= 0.3 is 0 Å². The van der Waals surface area contributed by atoms with Gasteiger partial charge in [0.1, 0.15) is 41.8 Å². The maximum Gasteiger partial charge on any atom is 0.145 e. The molecule has 8 heteroatoms. The lowest BCUT2D eigenvalue weighted by molar-refractivity contribution is 0.147. The highest BCUT2D eigenvalue weighted by Crippen LogP contribution is 2.33. The number of rotatable bonds is 8. The average Bonchev–Trinajstić information content (AvgIpc) is 2.86. The molecular weight excluding hydrogens is 430 g/mol. The first-order valence-electron chi connectivity index (χ1n) is 10.8. The minimum absolute atomic E-state index is 0.441. The summed E-state index contributed by atoms with van der Waals surface area (Å²) in [6.07, 6.45) is 10.7. The Bertz CT molecular complexity index is 1380. The number of hydrogen-bond donors (Lipinski definition) is 1. The van der Waals surface area contributed by atoms with E-state index in [1.54, 1.807) is 13.3 Å². The minimum Gasteiger partial charge on any atom is -0.490 e. The third-order valence-corrected chi connectivity index (χ3v) is 5.26. The van der Waals surface area contributed by atoms with E-state index in [1.807, 2.05) is 72.8 Å². The zero-order valence-corrected chi connectivity index (χ0v) is 18.9. The van der Waals surface area contributed by atoms with Gasteiger partial charge in [0.2, 0.25) is 0 Å². The van der Waals surface area contributed by atoms with E-state index in [0.29, 0.717) is 30.5 Å². The van der Waals surface area contributed by atoms with Gasteiger partial charge < -0.3 is 24.4 Å². The van der Waals surface area contributed by atoms with Crippen molar-refractivity contribution in [2.45, 2.75) is 6.92 Å². The molecule has 170 valence electrons. The normalized spacial score (nSPS) is 14.0. The van der Waals surface area contributed by atoms with Gasteiger partial charge in [0.05, 0.1) is 29.9 Å². The average molecular weight is 454 g/mol. The Morgan fingerprint density at radius 1 is 1.09 bits per heavy atom. The molecule has 3 heterocycles. The summed E-state index contributed by atoms with van der Waals surface area (Å²) in [5.74, 6) is 3.62. The molecule has 0 saturated carbocycles. The Labute approximate surface area is 197 Å². The molecule has 5 rings (SSSR count). The number of nitrogens with zero attached hydrogens (tertiary/aromatic N) is 4. The van der Waals surface area contributed by atoms with E-state index in [-0.39, 0.29) is 0 Å². The summed E-state index contributed by atoms with van der Waals surface area (Å²) < 4.78 is 17.1. The van der Waals surface area contributed by atoms with E-state index >= 15 is 0 Å². The van der Waals surface area contributed by atoms with Crippen LogP contribution in [0.2, 0.25) is 0 Å². The van der Waals surface area contributed by atoms with Crippen LogP contribution in [0.15, 0.2) is 90.0 Å². The predicted octanol–water partition coefficient (Wildman–Crippen LogP) is 4.84. The Morgan fingerprint density at radius 2 is 2.03 bits per heavy atom. The molecule has 0 unspecified atom stereocenters. The number of benzene rings is 2. The SMILES string of the molecule is COCCOc1cccc2ncnc(Nc3ccc(OC4=CC5=NC=C=CN5C=C4)c(C)c3)c12. The van der Waals surface area contributed by atoms with Gasteiger partial charge in [-0.05, 0) is 48.9 Å². The van der Waals surface area contributed by atoms with Crippen LogP contribution in [0.3, 0.4) is 0 Å². The zero-order valence-electron chi connectivity index (χ0n) is 18.9. The predicted molar refractivity (Wildman–Crippen MR) is 131 cm³/mol. The zero-order chi connectivity index (χ0) is 23.3. The fourth-order valence-corrected chi connectivity index (χ4v) is 3.61. The number of aliphatic imine (C=N–C) groups is 1. The summed E-state index contributed by atoms with van der Waals surface area (Å²) >= 11 is 0. The molecular formula is C26H23N5O3. The Balaban J connectivity index is 1.37. The van der Waals surface area contributed by atoms with Crippen LogP contribution in [-0.4, -0.2) is 41.0 Å². The minimum atomic E-state index is 0.441. The number of allylic oxidation sites excluding steroid dienone is 1. The molecule has 0 amide bonds. The highest BCUT2D eigenvalue weighted by atomic mass is 16.5. The molecule has 3 aromatic rings. The second kappa shape index (κ2) is 9.62. The third kappa shape index (κ3) is 4.54. The van der Waals surface area contributed by atoms with Gasteiger partial charge in [-0.3, -0.25) is 0 Å². The number of ether oxygens (including phenoxy) is 3. The van der Waals surface area contributed by atoms with E-state index < -0.39 is 0 Å². The molecule has 0 bridgehead atoms. The number of aromatic nitrogens is 2. The van der Waals surface area contributed by atoms with E-state index in [9.17, 15) is 0 Å². The molecule has 2 aliphatic heterocycles. The standard InChI is InChI=1S/C26H23N5O3/c1-18-15-19(7-8-22(18)34-20-9-12-31-11-4-10-27-24(31)16-20)30-26-25-21(28-17-29-26)5-3-6-23(25)33-14-13-32-2/h3,5-12,15-17H,13-14H2,1-2H3,(H,28,29,30). The van der Waals surface area contributed by atoms with Crippen molar-refractivity contribution in [2.24, 2.45) is 4.99 Å². The lowest BCUT2D eigenvalue weighted by atomic mass is 10.1. The number of hydrogen-bond acceptors (Lipinski definition) is 8. The largest absolute Gasteiger partial charge is 0.490 e. The Morgan fingerprint density at radius 3 is 2.91 bits per heavy atom. The van der Waals surface area contributed by atoms with Crippen LogP contribution in [0.1, 0.15) is 5.56 Å². The fourth-order valence-electron chi connectivity index (χ4n) is 3.61. The van der Waals surface area contributed by atoms with Crippen LogP contribution in [-0.2, 0) is 4.74 Å². The van der Waals surface area contributed by atoms with E-state index in [2.05, 4.69) is 26.0 Å². The van der Waals surface area contributed by atoms with Crippen LogP contribution >= 0.6 is 0 Å². The first-order chi connectivity index (χ1) is 16.7. The van der Waals surface area contributed by atoms with Crippen molar-refractivity contribution < 1.29 is 14.2 Å². The van der Waals surface area contributed by atoms with E-state index in [1.165, 1.54) is 6.33 Å². The molecule has 2 aliphatic rings. The van der Waals surface area contributed by atoms with Gasteiger partial charge in [-0.15, -0.1) is 0 Å². The maximum absolute atomic E-state index is 6.12. The molecule has 2 aromatic carbocycles. The number of aryl methyl sites for hydroxylation is 1. The molecule has 34 heavy (non-hydrogen) atoms. The first kappa shape index (κ1) is 21.5. The van der Waals surface area contributed by atoms with E-state index in [0.717, 1.165) is 33.7 Å². The molecule has 0 saturated heterocycles. The molecule has 0 aliphatic carbocycles. The third-order valence-electron chi connectivity index (χ3n) is 5.26. The highest BCUT2D eigenvalue weighted by Gasteiger charge is 2.14. The smallest absolute Gasteiger partial charge is 0.145 e. The van der Waals surface area contributed by atoms with E-state index in [4.69, 9.17) is 14.2 Å². The fraction of sp³-hybridized carbons (Fsp3) is 0.154. The van der Waals surface area contributed by atoms with Crippen molar-refractivity contribution >= 4 is 28.2 Å². The summed E-state index contributed by atoms with van der Waals surface area (Å²) in [5, 5.41) is 4.22. The summed E-state index contributed by atoms with van der Waals surface area (Å²) in [6.45, 7) is 2.94. The van der Waals surface area contributed by atoms with Crippen LogP contribution in [0.5, 0.6) is 11.5 Å². The highest BCUT2D eigenvalue weighted by molar-refractivity contribution is 5.97. The number of nitrogens with one attached hydrogen (secondary N) is 1. The Hall–Kier alpha value is -4.39. The lowest BCUT2D eigenvalue weighted by Crippen LogP contribution is -2.22. The summed E-state index contributed by atoms with van der Waals surface area (Å²) in [4.78, 5) is 15.0. The molecule has 0 atom stereocenters. The molecule has 8 nitrogen and oxygen atoms in total. The van der Waals surface area contributed by atoms with Crippen molar-refractivity contribution in [1.29, 1.82) is 0 Å². The summed E-state index contributed by atoms with van der Waals surface area (Å²) in [7, 11) is 1.65. The van der Waals surface area contributed by atoms with Gasteiger partial charge in [0.15, 0.2) is 0 Å².